The van der Waals surface area contributed by atoms with Gasteiger partial charge >= 0.3 is 5.97 Å². The molecule has 40 heavy (non-hydrogen) atoms. The minimum atomic E-state index is -0.680. The van der Waals surface area contributed by atoms with E-state index in [1.807, 2.05) is 57.2 Å². The van der Waals surface area contributed by atoms with Crippen molar-refractivity contribution in [2.75, 3.05) is 11.5 Å². The summed E-state index contributed by atoms with van der Waals surface area (Å²) < 4.78 is 11.5. The quantitative estimate of drug-likeness (QED) is 0.189. The van der Waals surface area contributed by atoms with E-state index in [0.717, 1.165) is 35.1 Å². The number of amides is 1. The van der Waals surface area contributed by atoms with Crippen molar-refractivity contribution in [1.29, 1.82) is 0 Å². The van der Waals surface area contributed by atoms with Gasteiger partial charge < -0.3 is 9.15 Å². The smallest absolute Gasteiger partial charge is 0.338 e. The molecule has 1 aliphatic heterocycles. The molecule has 1 aliphatic rings. The second-order valence-electron chi connectivity index (χ2n) is 11.6. The lowest BCUT2D eigenvalue weighted by molar-refractivity contribution is 0.0499. The Morgan fingerprint density at radius 1 is 0.950 bits per heavy atom. The van der Waals surface area contributed by atoms with Crippen molar-refractivity contribution < 1.29 is 18.7 Å². The first kappa shape index (κ1) is 27.4. The third-order valence-electron chi connectivity index (χ3n) is 7.69. The summed E-state index contributed by atoms with van der Waals surface area (Å²) in [4.78, 5) is 42.0. The van der Waals surface area contributed by atoms with Gasteiger partial charge in [0.15, 0.2) is 5.43 Å². The Labute approximate surface area is 234 Å². The van der Waals surface area contributed by atoms with Crippen LogP contribution in [-0.2, 0) is 10.2 Å². The maximum atomic E-state index is 14.0. The zero-order valence-electron chi connectivity index (χ0n) is 24.0. The first-order valence-electron chi connectivity index (χ1n) is 13.8. The van der Waals surface area contributed by atoms with Gasteiger partial charge in [0.1, 0.15) is 5.58 Å². The molecule has 5 rings (SSSR count). The van der Waals surface area contributed by atoms with Gasteiger partial charge in [-0.3, -0.25) is 14.5 Å². The Morgan fingerprint density at radius 2 is 1.60 bits per heavy atom. The average Bonchev–Trinajstić information content (AvgIpc) is 3.22. The minimum Gasteiger partial charge on any atom is -0.462 e. The van der Waals surface area contributed by atoms with Crippen molar-refractivity contribution in [3.8, 4) is 0 Å². The Kier molecular flexibility index (Phi) is 7.13. The number of rotatable bonds is 6. The molecule has 4 aromatic rings. The predicted molar refractivity (Wildman–Crippen MR) is 157 cm³/mol. The Bertz CT molecular complexity index is 1660. The molecule has 3 aromatic carbocycles. The number of benzene rings is 3. The molecule has 2 heterocycles. The molecule has 0 bridgehead atoms. The minimum absolute atomic E-state index is 0.0478. The second kappa shape index (κ2) is 10.4. The molecule has 1 atom stereocenters. The number of fused-ring (bicyclic) bond motifs is 2. The van der Waals surface area contributed by atoms with Gasteiger partial charge in [0.25, 0.3) is 5.91 Å². The fourth-order valence-electron chi connectivity index (χ4n) is 5.13. The van der Waals surface area contributed by atoms with Gasteiger partial charge in [-0.1, -0.05) is 58.4 Å². The van der Waals surface area contributed by atoms with E-state index in [1.165, 1.54) is 0 Å². The van der Waals surface area contributed by atoms with E-state index in [2.05, 4.69) is 20.8 Å². The number of anilines is 1. The largest absolute Gasteiger partial charge is 0.462 e. The van der Waals surface area contributed by atoms with Crippen molar-refractivity contribution in [3.05, 3.63) is 110 Å². The monoisotopic (exact) mass is 537 g/mol. The highest BCUT2D eigenvalue weighted by Gasteiger charge is 2.43. The van der Waals surface area contributed by atoms with Crippen LogP contribution >= 0.6 is 0 Å². The van der Waals surface area contributed by atoms with Crippen LogP contribution < -0.4 is 10.3 Å². The van der Waals surface area contributed by atoms with Crippen LogP contribution in [-0.4, -0.2) is 18.5 Å². The number of esters is 1. The van der Waals surface area contributed by atoms with Crippen LogP contribution in [0, 0.1) is 13.8 Å². The van der Waals surface area contributed by atoms with Gasteiger partial charge in [-0.15, -0.1) is 0 Å². The number of carbonyl (C=O) groups is 2. The molecule has 0 fully saturated rings. The molecule has 0 radical (unpaired) electrons. The van der Waals surface area contributed by atoms with Crippen LogP contribution in [0.15, 0.2) is 69.9 Å². The highest BCUT2D eigenvalue weighted by atomic mass is 16.5. The van der Waals surface area contributed by atoms with Crippen LogP contribution in [0.1, 0.15) is 95.3 Å². The molecule has 1 unspecified atom stereocenters. The Balaban J connectivity index is 1.64. The lowest BCUT2D eigenvalue weighted by atomic mass is 9.85. The third kappa shape index (κ3) is 4.83. The summed E-state index contributed by atoms with van der Waals surface area (Å²) in [6, 6.07) is 17.7. The molecule has 0 saturated heterocycles. The molecule has 0 N–H and O–H groups in total. The summed E-state index contributed by atoms with van der Waals surface area (Å²) in [6.07, 6.45) is 1.73. The number of nitrogens with zero attached hydrogens (tertiary/aromatic N) is 1. The van der Waals surface area contributed by atoms with Crippen molar-refractivity contribution in [1.82, 2.24) is 0 Å². The molecular weight excluding hydrogens is 502 g/mol. The van der Waals surface area contributed by atoms with Gasteiger partial charge in [0, 0.05) is 5.69 Å². The zero-order chi connectivity index (χ0) is 28.8. The molecule has 0 spiro atoms. The van der Waals surface area contributed by atoms with E-state index in [9.17, 15) is 14.4 Å². The normalized spacial score (nSPS) is 15.0. The lowest BCUT2D eigenvalue weighted by Crippen LogP contribution is -2.29. The summed E-state index contributed by atoms with van der Waals surface area (Å²) in [7, 11) is 0. The highest BCUT2D eigenvalue weighted by molar-refractivity contribution is 6.11. The topological polar surface area (TPSA) is 76.8 Å². The second-order valence-corrected chi connectivity index (χ2v) is 11.6. The highest BCUT2D eigenvalue weighted by Crippen LogP contribution is 2.42. The fourth-order valence-corrected chi connectivity index (χ4v) is 5.13. The van der Waals surface area contributed by atoms with E-state index < -0.39 is 17.9 Å². The number of carbonyl (C=O) groups excluding carboxylic acids is 2. The molecule has 206 valence electrons. The molecule has 6 nitrogen and oxygen atoms in total. The first-order chi connectivity index (χ1) is 19.0. The molecule has 1 amide bonds. The van der Waals surface area contributed by atoms with Gasteiger partial charge in [0.05, 0.1) is 29.2 Å². The Morgan fingerprint density at radius 3 is 2.23 bits per heavy atom. The number of aryl methyl sites for hydroxylation is 2. The van der Waals surface area contributed by atoms with Gasteiger partial charge in [-0.05, 0) is 84.3 Å². The zero-order valence-corrected chi connectivity index (χ0v) is 24.0. The van der Waals surface area contributed by atoms with E-state index in [0.29, 0.717) is 34.4 Å². The van der Waals surface area contributed by atoms with E-state index >= 15 is 0 Å². The summed E-state index contributed by atoms with van der Waals surface area (Å²) in [5, 5.41) is 0.456. The number of hydrogen-bond acceptors (Lipinski definition) is 5. The van der Waals surface area contributed by atoms with E-state index in [1.54, 1.807) is 29.2 Å². The van der Waals surface area contributed by atoms with Crippen molar-refractivity contribution >= 4 is 28.5 Å². The maximum Gasteiger partial charge on any atom is 0.338 e. The van der Waals surface area contributed by atoms with Crippen LogP contribution in [0.3, 0.4) is 0 Å². The maximum absolute atomic E-state index is 14.0. The summed E-state index contributed by atoms with van der Waals surface area (Å²) in [6.45, 7) is 12.7. The average molecular weight is 538 g/mol. The molecule has 1 aromatic heterocycles. The summed E-state index contributed by atoms with van der Waals surface area (Å²) in [5.41, 5.74) is 5.34. The standard InChI is InChI=1S/C34H35NO5/c1-7-8-17-39-33(38)23-11-15-25(16-12-23)35-29(22-9-13-24(14-10-22)34(4,5)6)28-30(36)26-18-20(2)21(3)19-27(26)40-31(28)32(35)37/h9-16,18-19,29H,7-8,17H2,1-6H3. The molecular formula is C34H35NO5. The number of ether oxygens (including phenoxy) is 1. The lowest BCUT2D eigenvalue weighted by Gasteiger charge is -2.26. The molecule has 6 heteroatoms. The van der Waals surface area contributed by atoms with Crippen molar-refractivity contribution in [2.45, 2.75) is 65.8 Å². The number of unbranched alkanes of at least 4 members (excludes halogenated alkanes) is 1. The van der Waals surface area contributed by atoms with Crippen LogP contribution in [0.2, 0.25) is 0 Å². The van der Waals surface area contributed by atoms with Gasteiger partial charge in [0.2, 0.25) is 5.76 Å². The summed E-state index contributed by atoms with van der Waals surface area (Å²) in [5.74, 6) is -0.747. The van der Waals surface area contributed by atoms with Crippen LogP contribution in [0.4, 0.5) is 5.69 Å². The van der Waals surface area contributed by atoms with E-state index in [-0.39, 0.29) is 16.6 Å². The van der Waals surface area contributed by atoms with E-state index in [4.69, 9.17) is 9.15 Å². The van der Waals surface area contributed by atoms with Crippen molar-refractivity contribution in [2.24, 2.45) is 0 Å². The SMILES string of the molecule is CCCCOC(=O)c1ccc(N2C(=O)c3oc4cc(C)c(C)cc4c(=O)c3C2c2ccc(C(C)(C)C)cc2)cc1. The fraction of sp³-hybridized carbons (Fsp3) is 0.324. The van der Waals surface area contributed by atoms with Crippen LogP contribution in [0.5, 0.6) is 0 Å². The van der Waals surface area contributed by atoms with Crippen LogP contribution in [0.25, 0.3) is 11.0 Å². The van der Waals surface area contributed by atoms with Crippen molar-refractivity contribution in [3.63, 3.8) is 0 Å². The third-order valence-corrected chi connectivity index (χ3v) is 7.69. The number of hydrogen-bond donors (Lipinski definition) is 0. The predicted octanol–water partition coefficient (Wildman–Crippen LogP) is 7.41. The first-order valence-corrected chi connectivity index (χ1v) is 13.8. The van der Waals surface area contributed by atoms with Gasteiger partial charge in [-0.2, -0.15) is 0 Å². The molecule has 0 aliphatic carbocycles. The Hall–Kier alpha value is -4.19. The molecule has 0 saturated carbocycles. The van der Waals surface area contributed by atoms with Gasteiger partial charge in [-0.25, -0.2) is 4.79 Å². The summed E-state index contributed by atoms with van der Waals surface area (Å²) >= 11 is 0.